The zero-order valence-corrected chi connectivity index (χ0v) is 36.1. The highest BCUT2D eigenvalue weighted by molar-refractivity contribution is 7.85. The van der Waals surface area contributed by atoms with E-state index in [1.165, 1.54) is 64.2 Å². The van der Waals surface area contributed by atoms with Crippen molar-refractivity contribution in [2.75, 3.05) is 19.0 Å². The molecule has 0 bridgehead atoms. The third-order valence-corrected chi connectivity index (χ3v) is 10.8. The molecule has 332 valence electrons. The minimum absolute atomic E-state index is 0.143. The van der Waals surface area contributed by atoms with Gasteiger partial charge in [0.15, 0.2) is 12.4 Å². The predicted molar refractivity (Wildman–Crippen MR) is 223 cm³/mol. The Morgan fingerprint density at radius 3 is 1.63 bits per heavy atom. The molecule has 13 heteroatoms. The van der Waals surface area contributed by atoms with Gasteiger partial charge in [0.25, 0.3) is 10.1 Å². The van der Waals surface area contributed by atoms with E-state index < -0.39 is 71.2 Å². The molecule has 1 rings (SSSR count). The first-order valence-electron chi connectivity index (χ1n) is 22.1. The summed E-state index contributed by atoms with van der Waals surface area (Å²) in [4.78, 5) is 25.4. The number of aliphatic hydroxyl groups excluding tert-OH is 3. The normalized spacial score (nSPS) is 20.3. The molecule has 1 aliphatic heterocycles. The van der Waals surface area contributed by atoms with Crippen LogP contribution >= 0.6 is 0 Å². The highest BCUT2D eigenvalue weighted by Crippen LogP contribution is 2.24. The molecule has 0 amide bonds. The molecule has 12 nitrogen and oxygen atoms in total. The predicted octanol–water partition coefficient (Wildman–Crippen LogP) is 8.60. The van der Waals surface area contributed by atoms with Crippen molar-refractivity contribution in [2.24, 2.45) is 0 Å². The Hall–Kier alpha value is -2.09. The minimum atomic E-state index is -4.60. The zero-order chi connectivity index (χ0) is 42.0. The quantitative estimate of drug-likeness (QED) is 0.0155. The summed E-state index contributed by atoms with van der Waals surface area (Å²) in [5, 5.41) is 30.8. The van der Waals surface area contributed by atoms with Gasteiger partial charge in [-0.05, 0) is 76.4 Å². The second-order valence-corrected chi connectivity index (χ2v) is 17.0. The third-order valence-electron chi connectivity index (χ3n) is 10.0. The van der Waals surface area contributed by atoms with Crippen molar-refractivity contribution < 1.29 is 56.8 Å². The summed E-state index contributed by atoms with van der Waals surface area (Å²) >= 11 is 0. The number of ether oxygens (including phenoxy) is 4. The lowest BCUT2D eigenvalue weighted by Gasteiger charge is -2.40. The van der Waals surface area contributed by atoms with Gasteiger partial charge < -0.3 is 34.3 Å². The third kappa shape index (κ3) is 29.7. The van der Waals surface area contributed by atoms with E-state index in [9.17, 15) is 37.9 Å². The Morgan fingerprint density at radius 1 is 0.632 bits per heavy atom. The number of esters is 2. The van der Waals surface area contributed by atoms with Gasteiger partial charge in [0.2, 0.25) is 0 Å². The standard InChI is InChI=1S/C44H78O12S/c1-3-5-7-9-11-13-15-17-19-21-23-25-27-29-31-33-40(46)55-37(35-54-44-43(49)42(48)41(47)38(56-44)36-57(50,51)52)34-53-39(45)32-30-28-26-24-22-20-18-16-14-12-10-8-6-4-2/h15-16,18-19,37-38,41-44,47-49H,3-14,20-36H2,1-2H3,(H,50,51,52)/b18-16+/t17?,37-,38-,41-,42?,43?,44+/m1/s1. The Kier molecular flexibility index (Phi) is 32.3. The average Bonchev–Trinajstić information content (AvgIpc) is 3.17. The van der Waals surface area contributed by atoms with E-state index >= 15 is 0 Å². The second-order valence-electron chi connectivity index (χ2n) is 15.5. The van der Waals surface area contributed by atoms with Crippen molar-refractivity contribution >= 4 is 22.1 Å². The van der Waals surface area contributed by atoms with Crippen LogP contribution in [0.15, 0.2) is 30.0 Å². The molecule has 0 radical (unpaired) electrons. The van der Waals surface area contributed by atoms with Crippen molar-refractivity contribution in [3.63, 3.8) is 0 Å². The fourth-order valence-electron chi connectivity index (χ4n) is 6.53. The number of allylic oxidation sites excluding steroid dienone is 3. The first-order chi connectivity index (χ1) is 27.5. The summed E-state index contributed by atoms with van der Waals surface area (Å²) in [5.41, 5.74) is 3.27. The first-order valence-corrected chi connectivity index (χ1v) is 23.7. The van der Waals surface area contributed by atoms with Gasteiger partial charge in [0.05, 0.1) is 6.61 Å². The van der Waals surface area contributed by atoms with Crippen LogP contribution in [0.5, 0.6) is 0 Å². The SMILES string of the molecule is CCCCCCCC=C=CCCCCCCCC(=O)O[C@H](COC(=O)CCCCCCC/C=C/CCCCCCC)CO[C@H]1O[C@H](CS(=O)(=O)O)[C@@H](O)C(O)C1O. The van der Waals surface area contributed by atoms with Crippen LogP contribution in [0.25, 0.3) is 0 Å². The number of unbranched alkanes of at least 4 members (excludes halogenated alkanes) is 20. The number of aliphatic hydroxyl groups is 3. The maximum Gasteiger partial charge on any atom is 0.306 e. The number of carbonyl (C=O) groups excluding carboxylic acids is 2. The highest BCUT2D eigenvalue weighted by Gasteiger charge is 2.46. The van der Waals surface area contributed by atoms with Gasteiger partial charge in [-0.1, -0.05) is 116 Å². The second kappa shape index (κ2) is 34.7. The molecule has 0 aliphatic carbocycles. The van der Waals surface area contributed by atoms with E-state index in [2.05, 4.69) is 43.9 Å². The van der Waals surface area contributed by atoms with Gasteiger partial charge in [-0.25, -0.2) is 0 Å². The van der Waals surface area contributed by atoms with Gasteiger partial charge >= 0.3 is 11.9 Å². The minimum Gasteiger partial charge on any atom is -0.462 e. The molecule has 1 fully saturated rings. The van der Waals surface area contributed by atoms with E-state index in [1.807, 2.05) is 0 Å². The van der Waals surface area contributed by atoms with Crippen LogP contribution in [-0.4, -0.2) is 96.0 Å². The van der Waals surface area contributed by atoms with Gasteiger partial charge in [0, 0.05) is 12.8 Å². The number of rotatable bonds is 36. The zero-order valence-electron chi connectivity index (χ0n) is 35.2. The number of hydrogen-bond acceptors (Lipinski definition) is 11. The molecule has 1 heterocycles. The Bertz CT molecular complexity index is 1220. The molecule has 0 saturated carbocycles. The van der Waals surface area contributed by atoms with E-state index in [-0.39, 0.29) is 19.4 Å². The van der Waals surface area contributed by atoms with E-state index in [0.717, 1.165) is 77.0 Å². The van der Waals surface area contributed by atoms with Crippen LogP contribution in [0, 0.1) is 0 Å². The molecule has 0 aromatic rings. The molecular weight excluding hydrogens is 753 g/mol. The number of hydrogen-bond donors (Lipinski definition) is 4. The van der Waals surface area contributed by atoms with Crippen molar-refractivity contribution in [2.45, 2.75) is 218 Å². The van der Waals surface area contributed by atoms with Gasteiger partial charge in [-0.3, -0.25) is 14.1 Å². The van der Waals surface area contributed by atoms with Crippen molar-refractivity contribution in [1.82, 2.24) is 0 Å². The Morgan fingerprint density at radius 2 is 1.11 bits per heavy atom. The van der Waals surface area contributed by atoms with E-state index in [0.29, 0.717) is 12.8 Å². The van der Waals surface area contributed by atoms with Crippen molar-refractivity contribution in [1.29, 1.82) is 0 Å². The molecule has 0 aromatic heterocycles. The summed E-state index contributed by atoms with van der Waals surface area (Å²) in [7, 11) is -4.60. The topological polar surface area (TPSA) is 186 Å². The van der Waals surface area contributed by atoms with Crippen LogP contribution in [0.3, 0.4) is 0 Å². The van der Waals surface area contributed by atoms with Crippen LogP contribution in [0.2, 0.25) is 0 Å². The first kappa shape index (κ1) is 52.9. The largest absolute Gasteiger partial charge is 0.462 e. The molecule has 6 atom stereocenters. The highest BCUT2D eigenvalue weighted by atomic mass is 32.2. The fraction of sp³-hybridized carbons (Fsp3) is 0.841. The van der Waals surface area contributed by atoms with E-state index in [4.69, 9.17) is 18.9 Å². The van der Waals surface area contributed by atoms with Crippen LogP contribution in [-0.2, 0) is 38.7 Å². The molecule has 0 spiro atoms. The van der Waals surface area contributed by atoms with Crippen LogP contribution in [0.4, 0.5) is 0 Å². The molecule has 2 unspecified atom stereocenters. The summed E-state index contributed by atoms with van der Waals surface area (Å²) in [5.74, 6) is -2.02. The lowest BCUT2D eigenvalue weighted by atomic mass is 10.00. The summed E-state index contributed by atoms with van der Waals surface area (Å²) in [6.07, 6.45) is 25.7. The van der Waals surface area contributed by atoms with Crippen molar-refractivity contribution in [3.8, 4) is 0 Å². The van der Waals surface area contributed by atoms with Gasteiger partial charge in [0.1, 0.15) is 36.8 Å². The van der Waals surface area contributed by atoms with Crippen LogP contribution in [0.1, 0.15) is 181 Å². The van der Waals surface area contributed by atoms with Gasteiger partial charge in [-0.2, -0.15) is 8.42 Å². The molecule has 1 saturated heterocycles. The molecule has 4 N–H and O–H groups in total. The molecule has 57 heavy (non-hydrogen) atoms. The maximum atomic E-state index is 12.8. The average molecular weight is 831 g/mol. The Balaban J connectivity index is 2.49. The van der Waals surface area contributed by atoms with Crippen molar-refractivity contribution in [3.05, 3.63) is 30.0 Å². The molecule has 0 aromatic carbocycles. The maximum absolute atomic E-state index is 12.8. The molecule has 1 aliphatic rings. The smallest absolute Gasteiger partial charge is 0.306 e. The Labute approximate surface area is 344 Å². The monoisotopic (exact) mass is 831 g/mol. The lowest BCUT2D eigenvalue weighted by Crippen LogP contribution is -2.60. The van der Waals surface area contributed by atoms with E-state index in [1.54, 1.807) is 0 Å². The number of carbonyl (C=O) groups is 2. The summed E-state index contributed by atoms with van der Waals surface area (Å²) in [6.45, 7) is 3.70. The molecular formula is C44H78O12S. The summed E-state index contributed by atoms with van der Waals surface area (Å²) in [6, 6.07) is 0. The lowest BCUT2D eigenvalue weighted by molar-refractivity contribution is -0.297. The van der Waals surface area contributed by atoms with Gasteiger partial charge in [-0.15, -0.1) is 5.73 Å². The van der Waals surface area contributed by atoms with Crippen LogP contribution < -0.4 is 0 Å². The fourth-order valence-corrected chi connectivity index (χ4v) is 7.22. The summed E-state index contributed by atoms with van der Waals surface area (Å²) < 4.78 is 54.0.